The van der Waals surface area contributed by atoms with E-state index < -0.39 is 0 Å². The lowest BCUT2D eigenvalue weighted by atomic mass is 9.88. The van der Waals surface area contributed by atoms with Crippen LogP contribution in [0, 0.1) is 5.82 Å². The molecule has 0 unspecified atom stereocenters. The Morgan fingerprint density at radius 3 is 2.72 bits per heavy atom. The van der Waals surface area contributed by atoms with Crippen molar-refractivity contribution in [3.63, 3.8) is 0 Å². The van der Waals surface area contributed by atoms with Crippen LogP contribution in [-0.4, -0.2) is 15.9 Å². The van der Waals surface area contributed by atoms with Crippen LogP contribution in [0.3, 0.4) is 0 Å². The zero-order valence-electron chi connectivity index (χ0n) is 17.3. The van der Waals surface area contributed by atoms with E-state index in [1.165, 1.54) is 29.4 Å². The predicted octanol–water partition coefficient (Wildman–Crippen LogP) is 6.49. The Morgan fingerprint density at radius 2 is 1.91 bits per heavy atom. The van der Waals surface area contributed by atoms with Crippen LogP contribution in [0.15, 0.2) is 73.4 Å². The number of para-hydroxylation sites is 1. The molecule has 4 aromatic rings. The molecule has 0 spiro atoms. The van der Waals surface area contributed by atoms with Crippen LogP contribution in [0.5, 0.6) is 0 Å². The molecular formula is C25H21BrFN3O2. The molecule has 5 nitrogen and oxygen atoms in total. The maximum Gasteiger partial charge on any atom is 0.282 e. The second-order valence-corrected chi connectivity index (χ2v) is 8.86. The average molecular weight is 494 g/mol. The molecule has 1 fully saturated rings. The minimum Gasteiger partial charge on any atom is -0.455 e. The number of fused-ring (bicyclic) bond motifs is 1. The molecule has 5 rings (SSSR count). The Balaban J connectivity index is 1.54. The Labute approximate surface area is 192 Å². The molecule has 2 heterocycles. The second-order valence-electron chi connectivity index (χ2n) is 8.01. The van der Waals surface area contributed by atoms with Gasteiger partial charge in [-0.1, -0.05) is 31.4 Å². The number of hydrogen-bond acceptors (Lipinski definition) is 4. The second kappa shape index (κ2) is 8.82. The van der Waals surface area contributed by atoms with E-state index in [9.17, 15) is 9.18 Å². The molecule has 32 heavy (non-hydrogen) atoms. The van der Waals surface area contributed by atoms with Gasteiger partial charge < -0.3 is 4.42 Å². The standard InChI is InChI=1S/C25H21BrFN3O2/c26-21-14-17(27)10-12-19(21)23-13-11-18(32-23)15-28-30-24(16-6-2-1-3-7-16)29-22-9-5-4-8-20(22)25(30)31/h4-5,8-16H,1-3,6-7H2. The first kappa shape index (κ1) is 20.8. The summed E-state index contributed by atoms with van der Waals surface area (Å²) < 4.78 is 21.3. The molecule has 7 heteroatoms. The smallest absolute Gasteiger partial charge is 0.282 e. The molecule has 0 aliphatic heterocycles. The highest BCUT2D eigenvalue weighted by Gasteiger charge is 2.22. The summed E-state index contributed by atoms with van der Waals surface area (Å²) in [4.78, 5) is 18.1. The lowest BCUT2D eigenvalue weighted by Crippen LogP contribution is -2.25. The number of furan rings is 1. The number of benzene rings is 2. The van der Waals surface area contributed by atoms with Gasteiger partial charge in [-0.3, -0.25) is 4.79 Å². The molecule has 1 saturated carbocycles. The highest BCUT2D eigenvalue weighted by Crippen LogP contribution is 2.32. The van der Waals surface area contributed by atoms with Gasteiger partial charge in [0.2, 0.25) is 0 Å². The lowest BCUT2D eigenvalue weighted by molar-refractivity contribution is 0.416. The monoisotopic (exact) mass is 493 g/mol. The maximum absolute atomic E-state index is 13.4. The zero-order chi connectivity index (χ0) is 22.1. The summed E-state index contributed by atoms with van der Waals surface area (Å²) in [5.41, 5.74) is 1.25. The molecular weight excluding hydrogens is 473 g/mol. The Kier molecular flexibility index (Phi) is 5.74. The van der Waals surface area contributed by atoms with Gasteiger partial charge in [-0.2, -0.15) is 9.78 Å². The van der Waals surface area contributed by atoms with Gasteiger partial charge in [0.1, 0.15) is 23.2 Å². The van der Waals surface area contributed by atoms with E-state index >= 15 is 0 Å². The molecule has 1 aliphatic rings. The molecule has 2 aromatic carbocycles. The lowest BCUT2D eigenvalue weighted by Gasteiger charge is -2.22. The molecule has 0 saturated heterocycles. The van der Waals surface area contributed by atoms with Crippen molar-refractivity contribution in [1.29, 1.82) is 0 Å². The summed E-state index contributed by atoms with van der Waals surface area (Å²) in [6, 6.07) is 15.4. The Morgan fingerprint density at radius 1 is 1.09 bits per heavy atom. The van der Waals surface area contributed by atoms with Crippen molar-refractivity contribution in [2.45, 2.75) is 38.0 Å². The van der Waals surface area contributed by atoms with Crippen LogP contribution in [0.25, 0.3) is 22.2 Å². The van der Waals surface area contributed by atoms with E-state index in [0.717, 1.165) is 31.2 Å². The fourth-order valence-corrected chi connectivity index (χ4v) is 4.79. The Bertz CT molecular complexity index is 1370. The van der Waals surface area contributed by atoms with Crippen molar-refractivity contribution in [1.82, 2.24) is 9.66 Å². The molecule has 0 N–H and O–H groups in total. The third-order valence-electron chi connectivity index (χ3n) is 5.87. The van der Waals surface area contributed by atoms with Crippen molar-refractivity contribution >= 4 is 33.0 Å². The number of halogens is 2. The van der Waals surface area contributed by atoms with Crippen LogP contribution < -0.4 is 5.56 Å². The number of hydrogen-bond donors (Lipinski definition) is 0. The summed E-state index contributed by atoms with van der Waals surface area (Å²) in [5.74, 6) is 1.66. The average Bonchev–Trinajstić information content (AvgIpc) is 3.27. The van der Waals surface area contributed by atoms with Gasteiger partial charge in [-0.05, 0) is 71.2 Å². The molecule has 0 bridgehead atoms. The number of nitrogens with zero attached hydrogens (tertiary/aromatic N) is 3. The number of aromatic nitrogens is 2. The third-order valence-corrected chi connectivity index (χ3v) is 6.53. The summed E-state index contributed by atoms with van der Waals surface area (Å²) in [7, 11) is 0. The van der Waals surface area contributed by atoms with Crippen LogP contribution in [0.4, 0.5) is 4.39 Å². The van der Waals surface area contributed by atoms with Gasteiger partial charge in [0.15, 0.2) is 0 Å². The molecule has 1 aliphatic carbocycles. The summed E-state index contributed by atoms with van der Waals surface area (Å²) in [6.45, 7) is 0. The molecule has 0 atom stereocenters. The van der Waals surface area contributed by atoms with E-state index in [-0.39, 0.29) is 17.3 Å². The first-order valence-electron chi connectivity index (χ1n) is 10.7. The van der Waals surface area contributed by atoms with Crippen molar-refractivity contribution < 1.29 is 8.81 Å². The van der Waals surface area contributed by atoms with Gasteiger partial charge in [0.05, 0.1) is 17.1 Å². The van der Waals surface area contributed by atoms with E-state index in [2.05, 4.69) is 21.0 Å². The van der Waals surface area contributed by atoms with Crippen LogP contribution in [0.1, 0.15) is 49.6 Å². The first-order valence-corrected chi connectivity index (χ1v) is 11.5. The van der Waals surface area contributed by atoms with Gasteiger partial charge >= 0.3 is 0 Å². The van der Waals surface area contributed by atoms with Crippen molar-refractivity contribution in [3.05, 3.63) is 86.8 Å². The van der Waals surface area contributed by atoms with E-state index in [1.807, 2.05) is 18.2 Å². The summed E-state index contributed by atoms with van der Waals surface area (Å²) in [5, 5.41) is 5.04. The van der Waals surface area contributed by atoms with Crippen LogP contribution >= 0.6 is 15.9 Å². The highest BCUT2D eigenvalue weighted by atomic mass is 79.9. The number of rotatable bonds is 4. The molecule has 0 amide bonds. The minimum absolute atomic E-state index is 0.180. The largest absolute Gasteiger partial charge is 0.455 e. The molecule has 2 aromatic heterocycles. The highest BCUT2D eigenvalue weighted by molar-refractivity contribution is 9.10. The van der Waals surface area contributed by atoms with Gasteiger partial charge in [-0.25, -0.2) is 9.37 Å². The summed E-state index contributed by atoms with van der Waals surface area (Å²) >= 11 is 3.37. The molecule has 0 radical (unpaired) electrons. The van der Waals surface area contributed by atoms with Gasteiger partial charge in [0, 0.05) is 16.0 Å². The normalized spacial score (nSPS) is 15.1. The fourth-order valence-electron chi connectivity index (χ4n) is 4.25. The summed E-state index contributed by atoms with van der Waals surface area (Å²) in [6.07, 6.45) is 7.01. The van der Waals surface area contributed by atoms with Gasteiger partial charge in [0.25, 0.3) is 5.56 Å². The van der Waals surface area contributed by atoms with Crippen LogP contribution in [0.2, 0.25) is 0 Å². The minimum atomic E-state index is -0.326. The van der Waals surface area contributed by atoms with Crippen molar-refractivity contribution in [3.8, 4) is 11.3 Å². The van der Waals surface area contributed by atoms with E-state index in [1.54, 1.807) is 24.3 Å². The fraction of sp³-hybridized carbons (Fsp3) is 0.240. The third kappa shape index (κ3) is 4.05. The van der Waals surface area contributed by atoms with Crippen molar-refractivity contribution in [2.75, 3.05) is 0 Å². The zero-order valence-corrected chi connectivity index (χ0v) is 18.9. The quantitative estimate of drug-likeness (QED) is 0.305. The van der Waals surface area contributed by atoms with E-state index in [4.69, 9.17) is 9.40 Å². The SMILES string of the molecule is O=c1c2ccccc2nc(C2CCCCC2)n1N=Cc1ccc(-c2ccc(F)cc2Br)o1. The molecule has 162 valence electrons. The van der Waals surface area contributed by atoms with Crippen LogP contribution in [-0.2, 0) is 0 Å². The predicted molar refractivity (Wildman–Crippen MR) is 127 cm³/mol. The van der Waals surface area contributed by atoms with Gasteiger partial charge in [-0.15, -0.1) is 0 Å². The van der Waals surface area contributed by atoms with E-state index in [0.29, 0.717) is 32.7 Å². The van der Waals surface area contributed by atoms with Crippen molar-refractivity contribution in [2.24, 2.45) is 5.10 Å². The maximum atomic E-state index is 13.4. The Hall–Kier alpha value is -3.06. The first-order chi connectivity index (χ1) is 15.6. The topological polar surface area (TPSA) is 60.4 Å².